The zero-order valence-corrected chi connectivity index (χ0v) is 20.9. The Labute approximate surface area is 202 Å². The highest BCUT2D eigenvalue weighted by Gasteiger charge is 2.37. The van der Waals surface area contributed by atoms with Gasteiger partial charge in [-0.1, -0.05) is 12.1 Å². The zero-order valence-electron chi connectivity index (χ0n) is 20.1. The standard InChI is InChI=1S/C25H33N3O5S/c1-19-5-4-6-22(15-19)26-11-13-27(14-12-26)34(30,31)18-25(29)28(21-7-8-21)17-20-16-23(32-2)9-10-24(20)33-3/h4-6,9-10,15-16,21H,7-8,11-14,17-18H2,1-3H3. The van der Waals surface area contributed by atoms with Gasteiger partial charge in [0, 0.05) is 50.0 Å². The molecule has 1 saturated carbocycles. The van der Waals surface area contributed by atoms with E-state index in [1.165, 1.54) is 9.87 Å². The molecular weight excluding hydrogens is 454 g/mol. The number of nitrogens with zero attached hydrogens (tertiary/aromatic N) is 3. The summed E-state index contributed by atoms with van der Waals surface area (Å²) in [5, 5.41) is 0. The van der Waals surface area contributed by atoms with Crippen LogP contribution in [0.4, 0.5) is 5.69 Å². The van der Waals surface area contributed by atoms with Crippen LogP contribution in [0.15, 0.2) is 42.5 Å². The molecule has 1 amide bonds. The summed E-state index contributed by atoms with van der Waals surface area (Å²) in [7, 11) is -0.546. The zero-order chi connectivity index (χ0) is 24.3. The number of ether oxygens (including phenoxy) is 2. The first-order valence-electron chi connectivity index (χ1n) is 11.6. The van der Waals surface area contributed by atoms with Gasteiger partial charge in [0.1, 0.15) is 17.3 Å². The number of carbonyl (C=O) groups is 1. The molecule has 1 heterocycles. The Morgan fingerprint density at radius 2 is 1.76 bits per heavy atom. The Bertz CT molecular complexity index is 1130. The average Bonchev–Trinajstić information content (AvgIpc) is 3.67. The summed E-state index contributed by atoms with van der Waals surface area (Å²) in [6.45, 7) is 4.28. The van der Waals surface area contributed by atoms with Crippen LogP contribution in [0.5, 0.6) is 11.5 Å². The molecule has 0 N–H and O–H groups in total. The Kier molecular flexibility index (Phi) is 7.33. The van der Waals surface area contributed by atoms with Crippen LogP contribution >= 0.6 is 0 Å². The normalized spacial score (nSPS) is 16.9. The summed E-state index contributed by atoms with van der Waals surface area (Å²) in [4.78, 5) is 17.1. The monoisotopic (exact) mass is 487 g/mol. The first-order chi connectivity index (χ1) is 16.3. The number of benzene rings is 2. The summed E-state index contributed by atoms with van der Waals surface area (Å²) in [6.07, 6.45) is 1.76. The van der Waals surface area contributed by atoms with Crippen LogP contribution in [-0.4, -0.2) is 75.7 Å². The largest absolute Gasteiger partial charge is 0.497 e. The lowest BCUT2D eigenvalue weighted by Crippen LogP contribution is -2.51. The van der Waals surface area contributed by atoms with Crippen LogP contribution in [0.1, 0.15) is 24.0 Å². The second-order valence-corrected chi connectivity index (χ2v) is 10.9. The smallest absolute Gasteiger partial charge is 0.239 e. The van der Waals surface area contributed by atoms with E-state index < -0.39 is 15.8 Å². The average molecular weight is 488 g/mol. The Morgan fingerprint density at radius 3 is 2.38 bits per heavy atom. The number of piperazine rings is 1. The van der Waals surface area contributed by atoms with Crippen molar-refractivity contribution in [3.8, 4) is 11.5 Å². The van der Waals surface area contributed by atoms with Crippen LogP contribution < -0.4 is 14.4 Å². The maximum absolute atomic E-state index is 13.2. The van der Waals surface area contributed by atoms with Gasteiger partial charge in [-0.3, -0.25) is 4.79 Å². The van der Waals surface area contributed by atoms with Gasteiger partial charge >= 0.3 is 0 Å². The van der Waals surface area contributed by atoms with E-state index >= 15 is 0 Å². The SMILES string of the molecule is COc1ccc(OC)c(CN(C(=O)CS(=O)(=O)N2CCN(c3cccc(C)c3)CC2)C2CC2)c1. The summed E-state index contributed by atoms with van der Waals surface area (Å²) >= 11 is 0. The number of aryl methyl sites for hydroxylation is 1. The number of methoxy groups -OCH3 is 2. The lowest BCUT2D eigenvalue weighted by molar-refractivity contribution is -0.129. The first kappa shape index (κ1) is 24.3. The predicted molar refractivity (Wildman–Crippen MR) is 132 cm³/mol. The number of hydrogen-bond donors (Lipinski definition) is 0. The van der Waals surface area contributed by atoms with E-state index in [0.717, 1.165) is 24.1 Å². The van der Waals surface area contributed by atoms with Crippen molar-refractivity contribution < 1.29 is 22.7 Å². The van der Waals surface area contributed by atoms with Gasteiger partial charge < -0.3 is 19.3 Å². The van der Waals surface area contributed by atoms with Crippen molar-refractivity contribution in [3.05, 3.63) is 53.6 Å². The molecule has 9 heteroatoms. The fourth-order valence-corrected chi connectivity index (χ4v) is 5.76. The van der Waals surface area contributed by atoms with E-state index in [0.29, 0.717) is 44.2 Å². The third kappa shape index (κ3) is 5.64. The van der Waals surface area contributed by atoms with E-state index in [1.54, 1.807) is 31.3 Å². The number of hydrogen-bond acceptors (Lipinski definition) is 6. The number of anilines is 1. The molecule has 0 spiro atoms. The van der Waals surface area contributed by atoms with E-state index in [9.17, 15) is 13.2 Å². The molecule has 0 atom stereocenters. The predicted octanol–water partition coefficient (Wildman–Crippen LogP) is 2.66. The quantitative estimate of drug-likeness (QED) is 0.541. The highest BCUT2D eigenvalue weighted by Crippen LogP contribution is 2.32. The van der Waals surface area contributed by atoms with Crippen molar-refractivity contribution >= 4 is 21.6 Å². The van der Waals surface area contributed by atoms with Gasteiger partial charge in [-0.15, -0.1) is 0 Å². The molecule has 1 aliphatic heterocycles. The number of carbonyl (C=O) groups excluding carboxylic acids is 1. The van der Waals surface area contributed by atoms with Crippen molar-refractivity contribution in [2.45, 2.75) is 32.4 Å². The number of amides is 1. The van der Waals surface area contributed by atoms with Gasteiger partial charge in [0.2, 0.25) is 15.9 Å². The van der Waals surface area contributed by atoms with Crippen LogP contribution in [0, 0.1) is 6.92 Å². The second-order valence-electron chi connectivity index (χ2n) is 8.91. The van der Waals surface area contributed by atoms with Gasteiger partial charge in [0.05, 0.1) is 14.2 Å². The molecule has 0 radical (unpaired) electrons. The molecule has 4 rings (SSSR count). The molecule has 0 bridgehead atoms. The van der Waals surface area contributed by atoms with Crippen molar-refractivity contribution in [2.75, 3.05) is 51.1 Å². The third-order valence-electron chi connectivity index (χ3n) is 6.44. The molecule has 8 nitrogen and oxygen atoms in total. The van der Waals surface area contributed by atoms with E-state index in [-0.39, 0.29) is 11.9 Å². The van der Waals surface area contributed by atoms with Gasteiger partial charge in [-0.2, -0.15) is 4.31 Å². The molecule has 2 aromatic carbocycles. The fraction of sp³-hybridized carbons (Fsp3) is 0.480. The summed E-state index contributed by atoms with van der Waals surface area (Å²) in [6, 6.07) is 13.7. The molecule has 34 heavy (non-hydrogen) atoms. The number of rotatable bonds is 9. The van der Waals surface area contributed by atoms with Crippen molar-refractivity contribution in [1.82, 2.24) is 9.21 Å². The van der Waals surface area contributed by atoms with E-state index in [1.807, 2.05) is 31.2 Å². The van der Waals surface area contributed by atoms with Crippen LogP contribution in [0.2, 0.25) is 0 Å². The minimum atomic E-state index is -3.71. The molecule has 2 aliphatic rings. The van der Waals surface area contributed by atoms with E-state index in [2.05, 4.69) is 11.0 Å². The van der Waals surface area contributed by atoms with Gasteiger partial charge in [0.25, 0.3) is 0 Å². The first-order valence-corrected chi connectivity index (χ1v) is 13.2. The molecule has 1 aliphatic carbocycles. The lowest BCUT2D eigenvalue weighted by atomic mass is 10.1. The highest BCUT2D eigenvalue weighted by atomic mass is 32.2. The number of sulfonamides is 1. The van der Waals surface area contributed by atoms with Gasteiger partial charge in [-0.05, 0) is 55.7 Å². The Hall–Kier alpha value is -2.78. The van der Waals surface area contributed by atoms with Crippen molar-refractivity contribution in [3.63, 3.8) is 0 Å². The highest BCUT2D eigenvalue weighted by molar-refractivity contribution is 7.89. The topological polar surface area (TPSA) is 79.4 Å². The Balaban J connectivity index is 1.41. The van der Waals surface area contributed by atoms with Crippen LogP contribution in [-0.2, 0) is 21.4 Å². The van der Waals surface area contributed by atoms with Crippen molar-refractivity contribution in [1.29, 1.82) is 0 Å². The van der Waals surface area contributed by atoms with Gasteiger partial charge in [0.15, 0.2) is 0 Å². The molecule has 2 fully saturated rings. The van der Waals surface area contributed by atoms with Gasteiger partial charge in [-0.25, -0.2) is 8.42 Å². The fourth-order valence-electron chi connectivity index (χ4n) is 4.38. The molecule has 1 saturated heterocycles. The minimum Gasteiger partial charge on any atom is -0.497 e. The second kappa shape index (κ2) is 10.2. The summed E-state index contributed by atoms with van der Waals surface area (Å²) in [5.74, 6) is 0.432. The molecule has 2 aromatic rings. The summed E-state index contributed by atoms with van der Waals surface area (Å²) in [5.41, 5.74) is 3.07. The molecule has 184 valence electrons. The molecule has 0 unspecified atom stereocenters. The lowest BCUT2D eigenvalue weighted by Gasteiger charge is -2.35. The minimum absolute atomic E-state index is 0.0665. The summed E-state index contributed by atoms with van der Waals surface area (Å²) < 4.78 is 38.5. The van der Waals surface area contributed by atoms with Crippen LogP contribution in [0.3, 0.4) is 0 Å². The van der Waals surface area contributed by atoms with E-state index in [4.69, 9.17) is 9.47 Å². The maximum Gasteiger partial charge on any atom is 0.239 e. The van der Waals surface area contributed by atoms with Crippen molar-refractivity contribution in [2.24, 2.45) is 0 Å². The molecule has 0 aromatic heterocycles. The Morgan fingerprint density at radius 1 is 1.03 bits per heavy atom. The molecular formula is C25H33N3O5S. The third-order valence-corrected chi connectivity index (χ3v) is 8.20. The maximum atomic E-state index is 13.2. The van der Waals surface area contributed by atoms with Crippen LogP contribution in [0.25, 0.3) is 0 Å².